The molecule has 18 heavy (non-hydrogen) atoms. The smallest absolute Gasteiger partial charge is 0.00901 e. The van der Waals surface area contributed by atoms with Crippen molar-refractivity contribution in [1.82, 2.24) is 0 Å². The first-order valence-electron chi connectivity index (χ1n) is 6.70. The third-order valence-electron chi connectivity index (χ3n) is 3.89. The van der Waals surface area contributed by atoms with Gasteiger partial charge >= 0.3 is 0 Å². The predicted octanol–water partition coefficient (Wildman–Crippen LogP) is 4.76. The van der Waals surface area contributed by atoms with E-state index in [2.05, 4.69) is 73.5 Å². The van der Waals surface area contributed by atoms with Crippen LogP contribution in [0.5, 0.6) is 0 Å². The van der Waals surface area contributed by atoms with Gasteiger partial charge in [-0.05, 0) is 48.6 Å². The average molecular weight is 234 g/mol. The highest BCUT2D eigenvalue weighted by molar-refractivity contribution is 5.31. The summed E-state index contributed by atoms with van der Waals surface area (Å²) in [6.07, 6.45) is 6.97. The summed E-state index contributed by atoms with van der Waals surface area (Å²) in [6.45, 7) is 0. The molecule has 0 amide bonds. The van der Waals surface area contributed by atoms with Crippen molar-refractivity contribution in [1.29, 1.82) is 0 Å². The van der Waals surface area contributed by atoms with Crippen molar-refractivity contribution in [3.63, 3.8) is 0 Å². The van der Waals surface area contributed by atoms with Gasteiger partial charge in [-0.3, -0.25) is 0 Å². The molecule has 2 unspecified atom stereocenters. The van der Waals surface area contributed by atoms with Crippen LogP contribution in [-0.4, -0.2) is 0 Å². The number of benzene rings is 2. The van der Waals surface area contributed by atoms with Crippen LogP contribution in [0.2, 0.25) is 0 Å². The summed E-state index contributed by atoms with van der Waals surface area (Å²) in [6, 6.07) is 21.8. The van der Waals surface area contributed by atoms with Gasteiger partial charge in [0.15, 0.2) is 0 Å². The van der Waals surface area contributed by atoms with Gasteiger partial charge in [0.2, 0.25) is 0 Å². The fraction of sp³-hybridized carbons (Fsp3) is 0.222. The first kappa shape index (κ1) is 11.5. The van der Waals surface area contributed by atoms with Gasteiger partial charge in [-0.25, -0.2) is 0 Å². The van der Waals surface area contributed by atoms with E-state index in [1.807, 2.05) is 0 Å². The number of hydrogen-bond donors (Lipinski definition) is 0. The molecule has 0 nitrogen and oxygen atoms in total. The molecule has 0 heterocycles. The van der Waals surface area contributed by atoms with Crippen LogP contribution in [0, 0.1) is 12.8 Å². The van der Waals surface area contributed by atoms with Gasteiger partial charge in [0, 0.05) is 0 Å². The minimum absolute atomic E-state index is 0.624. The Morgan fingerprint density at radius 3 is 1.33 bits per heavy atom. The van der Waals surface area contributed by atoms with Gasteiger partial charge in [0.05, 0.1) is 0 Å². The maximum atomic E-state index is 2.33. The van der Waals surface area contributed by atoms with Crippen molar-refractivity contribution in [3.8, 4) is 0 Å². The highest BCUT2D eigenvalue weighted by Gasteiger charge is 2.27. The highest BCUT2D eigenvalue weighted by atomic mass is 14.3. The molecule has 0 saturated heterocycles. The molecule has 0 heteroatoms. The van der Waals surface area contributed by atoms with Gasteiger partial charge in [0.25, 0.3) is 0 Å². The van der Waals surface area contributed by atoms with Crippen molar-refractivity contribution >= 4 is 0 Å². The van der Waals surface area contributed by atoms with Gasteiger partial charge in [0.1, 0.15) is 0 Å². The lowest BCUT2D eigenvalue weighted by Gasteiger charge is -2.32. The fourth-order valence-electron chi connectivity index (χ4n) is 2.95. The SMILES string of the molecule is [CH]1[CH]CC(c2ccccc2)C(c2ccccc2)C1. The second-order valence-electron chi connectivity index (χ2n) is 4.98. The summed E-state index contributed by atoms with van der Waals surface area (Å²) in [5, 5.41) is 0. The van der Waals surface area contributed by atoms with Crippen LogP contribution < -0.4 is 0 Å². The molecule has 1 aliphatic rings. The zero-order valence-electron chi connectivity index (χ0n) is 10.5. The fourth-order valence-corrected chi connectivity index (χ4v) is 2.95. The first-order valence-corrected chi connectivity index (χ1v) is 6.70. The largest absolute Gasteiger partial charge is 0.0622 e. The lowest BCUT2D eigenvalue weighted by atomic mass is 9.72. The van der Waals surface area contributed by atoms with Crippen LogP contribution in [0.15, 0.2) is 60.7 Å². The van der Waals surface area contributed by atoms with E-state index in [9.17, 15) is 0 Å². The van der Waals surface area contributed by atoms with Crippen molar-refractivity contribution in [2.75, 3.05) is 0 Å². The summed E-state index contributed by atoms with van der Waals surface area (Å²) in [4.78, 5) is 0. The first-order chi connectivity index (χ1) is 8.95. The Morgan fingerprint density at radius 2 is 0.944 bits per heavy atom. The van der Waals surface area contributed by atoms with Crippen LogP contribution in [0.1, 0.15) is 35.8 Å². The molecule has 2 aromatic carbocycles. The van der Waals surface area contributed by atoms with Crippen LogP contribution >= 0.6 is 0 Å². The van der Waals surface area contributed by atoms with E-state index in [1.54, 1.807) is 0 Å². The van der Waals surface area contributed by atoms with Crippen LogP contribution in [0.3, 0.4) is 0 Å². The molecular weight excluding hydrogens is 216 g/mol. The molecule has 0 bridgehead atoms. The highest BCUT2D eigenvalue weighted by Crippen LogP contribution is 2.42. The van der Waals surface area contributed by atoms with Gasteiger partial charge in [-0.15, -0.1) is 0 Å². The molecule has 1 saturated carbocycles. The van der Waals surface area contributed by atoms with Crippen LogP contribution in [0.4, 0.5) is 0 Å². The Bertz CT molecular complexity index is 424. The van der Waals surface area contributed by atoms with E-state index in [4.69, 9.17) is 0 Å². The second-order valence-corrected chi connectivity index (χ2v) is 4.98. The van der Waals surface area contributed by atoms with Gasteiger partial charge in [-0.1, -0.05) is 60.7 Å². The molecule has 2 aromatic rings. The Hall–Kier alpha value is -1.56. The topological polar surface area (TPSA) is 0 Å². The molecule has 2 radical (unpaired) electrons. The summed E-state index contributed by atoms with van der Waals surface area (Å²) >= 11 is 0. The summed E-state index contributed by atoms with van der Waals surface area (Å²) in [7, 11) is 0. The maximum Gasteiger partial charge on any atom is -0.00901 e. The molecule has 1 aliphatic carbocycles. The molecule has 0 N–H and O–H groups in total. The van der Waals surface area contributed by atoms with E-state index in [1.165, 1.54) is 11.1 Å². The lowest BCUT2D eigenvalue weighted by molar-refractivity contribution is 0.491. The standard InChI is InChI=1S/C18H18/c1-3-9-15(10-4-1)17-13-7-8-14-18(17)16-11-5-2-6-12-16/h1-12,17-18H,13-14H2. The maximum absolute atomic E-state index is 2.33. The van der Waals surface area contributed by atoms with E-state index in [0.29, 0.717) is 11.8 Å². The van der Waals surface area contributed by atoms with Gasteiger partial charge in [-0.2, -0.15) is 0 Å². The second kappa shape index (κ2) is 5.39. The van der Waals surface area contributed by atoms with Crippen molar-refractivity contribution in [2.24, 2.45) is 0 Å². The summed E-state index contributed by atoms with van der Waals surface area (Å²) in [5.41, 5.74) is 2.94. The Labute approximate surface area is 110 Å². The predicted molar refractivity (Wildman–Crippen MR) is 76.2 cm³/mol. The van der Waals surface area contributed by atoms with E-state index in [-0.39, 0.29) is 0 Å². The molecule has 2 atom stereocenters. The third kappa shape index (κ3) is 2.33. The van der Waals surface area contributed by atoms with Crippen LogP contribution in [-0.2, 0) is 0 Å². The van der Waals surface area contributed by atoms with E-state index >= 15 is 0 Å². The summed E-state index contributed by atoms with van der Waals surface area (Å²) in [5.74, 6) is 1.25. The minimum Gasteiger partial charge on any atom is -0.0622 e. The van der Waals surface area contributed by atoms with Crippen molar-refractivity contribution < 1.29 is 0 Å². The molecular formula is C18H18. The normalized spacial score (nSPS) is 23.8. The average Bonchev–Trinajstić information content (AvgIpc) is 2.49. The molecule has 0 spiro atoms. The Morgan fingerprint density at radius 1 is 0.556 bits per heavy atom. The Kier molecular flexibility index (Phi) is 3.45. The molecule has 0 aromatic heterocycles. The van der Waals surface area contributed by atoms with Gasteiger partial charge < -0.3 is 0 Å². The molecule has 0 aliphatic heterocycles. The number of rotatable bonds is 2. The van der Waals surface area contributed by atoms with Crippen molar-refractivity contribution in [3.05, 3.63) is 84.6 Å². The van der Waals surface area contributed by atoms with Crippen molar-refractivity contribution in [2.45, 2.75) is 24.7 Å². The Balaban J connectivity index is 1.92. The molecule has 1 fully saturated rings. The lowest BCUT2D eigenvalue weighted by Crippen LogP contribution is -2.16. The minimum atomic E-state index is 0.624. The zero-order valence-corrected chi connectivity index (χ0v) is 10.5. The monoisotopic (exact) mass is 234 g/mol. The van der Waals surface area contributed by atoms with Crippen LogP contribution in [0.25, 0.3) is 0 Å². The zero-order chi connectivity index (χ0) is 12.2. The quantitative estimate of drug-likeness (QED) is 0.703. The summed E-state index contributed by atoms with van der Waals surface area (Å²) < 4.78 is 0. The van der Waals surface area contributed by atoms with E-state index < -0.39 is 0 Å². The molecule has 3 rings (SSSR count). The number of hydrogen-bond acceptors (Lipinski definition) is 0. The van der Waals surface area contributed by atoms with E-state index in [0.717, 1.165) is 12.8 Å². The molecule has 90 valence electrons. The third-order valence-corrected chi connectivity index (χ3v) is 3.89.